The molecule has 2 saturated heterocycles. The summed E-state index contributed by atoms with van der Waals surface area (Å²) in [6, 6.07) is 9.39. The van der Waals surface area contributed by atoms with E-state index in [9.17, 15) is 9.59 Å². The standard InChI is InChI=1S/C19H26N2O4/c1-19(2,3)25-18(23)21-13-9-10-16(21)15(11-13)20-17(22)12-24-14-7-5-4-6-8-14/h4-8,13,15-16H,9-12H2,1-3H3,(H,20,22)/t13?,15-,16?/m0/s1. The second-order valence-corrected chi connectivity index (χ2v) is 7.70. The molecule has 1 aromatic rings. The lowest BCUT2D eigenvalue weighted by Crippen LogP contribution is -2.47. The Balaban J connectivity index is 1.52. The van der Waals surface area contributed by atoms with Gasteiger partial charge in [-0.05, 0) is 52.2 Å². The maximum absolute atomic E-state index is 12.4. The number of benzene rings is 1. The van der Waals surface area contributed by atoms with Crippen LogP contribution in [-0.2, 0) is 9.53 Å². The van der Waals surface area contributed by atoms with E-state index >= 15 is 0 Å². The molecule has 3 rings (SSSR count). The van der Waals surface area contributed by atoms with E-state index in [4.69, 9.17) is 9.47 Å². The van der Waals surface area contributed by atoms with Gasteiger partial charge in [-0.25, -0.2) is 4.79 Å². The van der Waals surface area contributed by atoms with Gasteiger partial charge in [0, 0.05) is 6.04 Å². The SMILES string of the molecule is CC(C)(C)OC(=O)N1C2CCC1[C@@H](NC(=O)COc1ccccc1)C2. The molecule has 6 heteroatoms. The molecule has 1 aromatic carbocycles. The summed E-state index contributed by atoms with van der Waals surface area (Å²) in [5.74, 6) is 0.506. The van der Waals surface area contributed by atoms with Crippen molar-refractivity contribution in [1.82, 2.24) is 10.2 Å². The van der Waals surface area contributed by atoms with Crippen LogP contribution in [-0.4, -0.2) is 47.2 Å². The third-order valence-electron chi connectivity index (χ3n) is 4.60. The Morgan fingerprint density at radius 1 is 1.20 bits per heavy atom. The summed E-state index contributed by atoms with van der Waals surface area (Å²) in [7, 11) is 0. The lowest BCUT2D eigenvalue weighted by atomic mass is 9.95. The second kappa shape index (κ2) is 6.94. The van der Waals surface area contributed by atoms with Gasteiger partial charge in [0.1, 0.15) is 11.4 Å². The van der Waals surface area contributed by atoms with Crippen LogP contribution in [0.2, 0.25) is 0 Å². The minimum atomic E-state index is -0.513. The van der Waals surface area contributed by atoms with Crippen molar-refractivity contribution in [2.75, 3.05) is 6.61 Å². The number of carbonyl (C=O) groups excluding carboxylic acids is 2. The summed E-state index contributed by atoms with van der Waals surface area (Å²) < 4.78 is 11.0. The minimum Gasteiger partial charge on any atom is -0.484 e. The smallest absolute Gasteiger partial charge is 0.410 e. The van der Waals surface area contributed by atoms with Crippen LogP contribution in [0.25, 0.3) is 0 Å². The number of hydrogen-bond acceptors (Lipinski definition) is 4. The largest absolute Gasteiger partial charge is 0.484 e. The Hall–Kier alpha value is -2.24. The van der Waals surface area contributed by atoms with Crippen molar-refractivity contribution >= 4 is 12.0 Å². The molecule has 136 valence electrons. The van der Waals surface area contributed by atoms with E-state index in [-0.39, 0.29) is 36.7 Å². The lowest BCUT2D eigenvalue weighted by molar-refractivity contribution is -0.124. The van der Waals surface area contributed by atoms with Crippen LogP contribution in [0.5, 0.6) is 5.75 Å². The van der Waals surface area contributed by atoms with Crippen LogP contribution < -0.4 is 10.1 Å². The number of para-hydroxylation sites is 1. The molecule has 2 heterocycles. The molecule has 0 spiro atoms. The van der Waals surface area contributed by atoms with Crippen molar-refractivity contribution in [1.29, 1.82) is 0 Å². The highest BCUT2D eigenvalue weighted by Gasteiger charge is 2.50. The summed E-state index contributed by atoms with van der Waals surface area (Å²) in [5, 5.41) is 3.01. The molecular weight excluding hydrogens is 320 g/mol. The highest BCUT2D eigenvalue weighted by Crippen LogP contribution is 2.38. The molecule has 2 bridgehead atoms. The number of carbonyl (C=O) groups is 2. The van der Waals surface area contributed by atoms with Gasteiger partial charge in [0.25, 0.3) is 5.91 Å². The second-order valence-electron chi connectivity index (χ2n) is 7.70. The van der Waals surface area contributed by atoms with E-state index in [2.05, 4.69) is 5.32 Å². The zero-order chi connectivity index (χ0) is 18.0. The van der Waals surface area contributed by atoms with Gasteiger partial charge in [0.05, 0.1) is 12.1 Å². The molecule has 6 nitrogen and oxygen atoms in total. The molecule has 2 amide bonds. The van der Waals surface area contributed by atoms with Crippen LogP contribution in [0, 0.1) is 0 Å². The molecule has 2 unspecified atom stereocenters. The van der Waals surface area contributed by atoms with Gasteiger partial charge in [0.2, 0.25) is 0 Å². The van der Waals surface area contributed by atoms with Crippen LogP contribution >= 0.6 is 0 Å². The molecule has 2 fully saturated rings. The molecule has 2 aliphatic heterocycles. The molecule has 0 aromatic heterocycles. The average molecular weight is 346 g/mol. The first kappa shape index (κ1) is 17.6. The first-order valence-corrected chi connectivity index (χ1v) is 8.82. The Labute approximate surface area is 148 Å². The molecule has 2 aliphatic rings. The molecule has 1 N–H and O–H groups in total. The third-order valence-corrected chi connectivity index (χ3v) is 4.60. The lowest BCUT2D eigenvalue weighted by Gasteiger charge is -2.28. The van der Waals surface area contributed by atoms with E-state index in [1.807, 2.05) is 56.0 Å². The fraction of sp³-hybridized carbons (Fsp3) is 0.579. The Kier molecular flexibility index (Phi) is 4.88. The monoisotopic (exact) mass is 346 g/mol. The Morgan fingerprint density at radius 3 is 2.60 bits per heavy atom. The highest BCUT2D eigenvalue weighted by molar-refractivity contribution is 5.78. The van der Waals surface area contributed by atoms with Crippen LogP contribution in [0.15, 0.2) is 30.3 Å². The number of hydrogen-bond donors (Lipinski definition) is 1. The number of nitrogens with zero attached hydrogens (tertiary/aromatic N) is 1. The van der Waals surface area contributed by atoms with Gasteiger partial charge in [-0.15, -0.1) is 0 Å². The van der Waals surface area contributed by atoms with E-state index in [0.717, 1.165) is 19.3 Å². The summed E-state index contributed by atoms with van der Waals surface area (Å²) in [5.41, 5.74) is -0.513. The summed E-state index contributed by atoms with van der Waals surface area (Å²) >= 11 is 0. The molecule has 25 heavy (non-hydrogen) atoms. The molecule has 0 saturated carbocycles. The maximum Gasteiger partial charge on any atom is 0.410 e. The topological polar surface area (TPSA) is 67.9 Å². The Bertz CT molecular complexity index is 626. The Morgan fingerprint density at radius 2 is 1.92 bits per heavy atom. The van der Waals surface area contributed by atoms with Crippen molar-refractivity contribution in [3.05, 3.63) is 30.3 Å². The maximum atomic E-state index is 12.4. The third kappa shape index (κ3) is 4.24. The van der Waals surface area contributed by atoms with Gasteiger partial charge in [-0.1, -0.05) is 18.2 Å². The number of rotatable bonds is 4. The van der Waals surface area contributed by atoms with E-state index < -0.39 is 5.60 Å². The number of nitrogens with one attached hydrogen (secondary N) is 1. The normalized spacial score (nSPS) is 24.9. The predicted octanol–water partition coefficient (Wildman–Crippen LogP) is 2.72. The zero-order valence-corrected chi connectivity index (χ0v) is 15.0. The molecule has 0 radical (unpaired) electrons. The van der Waals surface area contributed by atoms with E-state index in [1.54, 1.807) is 0 Å². The number of amides is 2. The molecule has 0 aliphatic carbocycles. The van der Waals surface area contributed by atoms with E-state index in [1.165, 1.54) is 0 Å². The van der Waals surface area contributed by atoms with Crippen molar-refractivity contribution < 1.29 is 19.1 Å². The van der Waals surface area contributed by atoms with Crippen LogP contribution in [0.1, 0.15) is 40.0 Å². The average Bonchev–Trinajstić information content (AvgIpc) is 3.10. The quantitative estimate of drug-likeness (QED) is 0.910. The fourth-order valence-electron chi connectivity index (χ4n) is 3.66. The van der Waals surface area contributed by atoms with Gasteiger partial charge >= 0.3 is 6.09 Å². The van der Waals surface area contributed by atoms with Gasteiger partial charge in [-0.3, -0.25) is 4.79 Å². The first-order valence-electron chi connectivity index (χ1n) is 8.82. The first-order chi connectivity index (χ1) is 11.8. The van der Waals surface area contributed by atoms with Gasteiger partial charge in [-0.2, -0.15) is 0 Å². The van der Waals surface area contributed by atoms with Gasteiger partial charge < -0.3 is 19.7 Å². The fourth-order valence-corrected chi connectivity index (χ4v) is 3.66. The molecule has 3 atom stereocenters. The number of ether oxygens (including phenoxy) is 2. The number of fused-ring (bicyclic) bond motifs is 2. The summed E-state index contributed by atoms with van der Waals surface area (Å²) in [6.07, 6.45) is 2.36. The van der Waals surface area contributed by atoms with Crippen LogP contribution in [0.3, 0.4) is 0 Å². The zero-order valence-electron chi connectivity index (χ0n) is 15.0. The van der Waals surface area contributed by atoms with Crippen molar-refractivity contribution in [3.63, 3.8) is 0 Å². The summed E-state index contributed by atoms with van der Waals surface area (Å²) in [6.45, 7) is 5.57. The van der Waals surface area contributed by atoms with Crippen molar-refractivity contribution in [2.45, 2.75) is 63.8 Å². The van der Waals surface area contributed by atoms with Crippen molar-refractivity contribution in [2.24, 2.45) is 0 Å². The van der Waals surface area contributed by atoms with Crippen LogP contribution in [0.4, 0.5) is 4.79 Å². The molecular formula is C19H26N2O4. The minimum absolute atomic E-state index is 0.0144. The predicted molar refractivity (Wildman–Crippen MR) is 93.4 cm³/mol. The summed E-state index contributed by atoms with van der Waals surface area (Å²) in [4.78, 5) is 26.4. The van der Waals surface area contributed by atoms with Gasteiger partial charge in [0.15, 0.2) is 6.61 Å². The van der Waals surface area contributed by atoms with E-state index in [0.29, 0.717) is 5.75 Å². The highest BCUT2D eigenvalue weighted by atomic mass is 16.6. The van der Waals surface area contributed by atoms with Crippen molar-refractivity contribution in [3.8, 4) is 5.75 Å².